The van der Waals surface area contributed by atoms with Gasteiger partial charge in [0.15, 0.2) is 0 Å². The molecule has 1 saturated heterocycles. The van der Waals surface area contributed by atoms with Crippen molar-refractivity contribution in [3.05, 3.63) is 37.1 Å². The van der Waals surface area contributed by atoms with Crippen LogP contribution in [0.5, 0.6) is 0 Å². The lowest BCUT2D eigenvalue weighted by Gasteiger charge is -2.33. The Balaban J connectivity index is 1.65. The number of aromatic nitrogens is 4. The lowest BCUT2D eigenvalue weighted by molar-refractivity contribution is 0.521. The Morgan fingerprint density at radius 1 is 1.16 bits per heavy atom. The van der Waals surface area contributed by atoms with Crippen LogP contribution >= 0.6 is 0 Å². The van der Waals surface area contributed by atoms with Crippen molar-refractivity contribution in [1.29, 1.82) is 0 Å². The molecular weight excluding hydrogens is 240 g/mol. The van der Waals surface area contributed by atoms with Gasteiger partial charge in [0.05, 0.1) is 0 Å². The number of anilines is 2. The minimum atomic E-state index is 0.368. The number of nitrogens with zero attached hydrogens (tertiary/aromatic N) is 5. The van der Waals surface area contributed by atoms with Crippen LogP contribution in [0.1, 0.15) is 12.8 Å². The Labute approximate surface area is 111 Å². The second kappa shape index (κ2) is 5.60. The van der Waals surface area contributed by atoms with Crippen molar-refractivity contribution < 1.29 is 0 Å². The largest absolute Gasteiger partial charge is 0.365 e. The van der Waals surface area contributed by atoms with Gasteiger partial charge in [0.2, 0.25) is 5.95 Å². The Morgan fingerprint density at radius 2 is 2.05 bits per heavy atom. The summed E-state index contributed by atoms with van der Waals surface area (Å²) in [4.78, 5) is 18.9. The number of nitrogens with one attached hydrogen (secondary N) is 1. The first-order chi connectivity index (χ1) is 9.42. The molecule has 1 aliphatic heterocycles. The number of hydrogen-bond donors (Lipinski definition) is 1. The van der Waals surface area contributed by atoms with Gasteiger partial charge in [-0.3, -0.25) is 0 Å². The van der Waals surface area contributed by atoms with E-state index in [1.807, 2.05) is 12.1 Å². The maximum absolute atomic E-state index is 4.31. The van der Waals surface area contributed by atoms with Crippen molar-refractivity contribution in [2.24, 2.45) is 0 Å². The molecule has 0 aromatic carbocycles. The van der Waals surface area contributed by atoms with Gasteiger partial charge in [-0.25, -0.2) is 19.9 Å². The van der Waals surface area contributed by atoms with E-state index in [4.69, 9.17) is 0 Å². The second-order valence-corrected chi connectivity index (χ2v) is 4.57. The Kier molecular flexibility index (Phi) is 3.49. The third kappa shape index (κ3) is 2.96. The van der Waals surface area contributed by atoms with E-state index in [0.717, 1.165) is 37.7 Å². The predicted octanol–water partition coefficient (Wildman–Crippen LogP) is 1.35. The van der Waals surface area contributed by atoms with Gasteiger partial charge in [0.25, 0.3) is 0 Å². The summed E-state index contributed by atoms with van der Waals surface area (Å²) < 4.78 is 0. The highest BCUT2D eigenvalue weighted by molar-refractivity contribution is 5.36. The molecule has 6 nitrogen and oxygen atoms in total. The lowest BCUT2D eigenvalue weighted by atomic mass is 10.1. The lowest BCUT2D eigenvalue weighted by Crippen LogP contribution is -2.43. The van der Waals surface area contributed by atoms with Crippen LogP contribution in [0.4, 0.5) is 11.8 Å². The van der Waals surface area contributed by atoms with Crippen LogP contribution in [-0.4, -0.2) is 39.1 Å². The van der Waals surface area contributed by atoms with E-state index in [-0.39, 0.29) is 0 Å². The average Bonchev–Trinajstić information content (AvgIpc) is 2.49. The highest BCUT2D eigenvalue weighted by Gasteiger charge is 2.21. The third-order valence-corrected chi connectivity index (χ3v) is 3.19. The van der Waals surface area contributed by atoms with E-state index in [1.165, 1.54) is 0 Å². The van der Waals surface area contributed by atoms with E-state index in [9.17, 15) is 0 Å². The van der Waals surface area contributed by atoms with Crippen molar-refractivity contribution in [3.63, 3.8) is 0 Å². The maximum Gasteiger partial charge on any atom is 0.225 e. The van der Waals surface area contributed by atoms with Crippen LogP contribution in [0.3, 0.4) is 0 Å². The normalized spacial score (nSPS) is 19.2. The standard InChI is InChI=1S/C13H16N6/c1-3-11(18-12-4-7-14-10-17-12)9-19(8-1)13-15-5-2-6-16-13/h2,4-7,10-11H,1,3,8-9H2,(H,14,17,18). The topological polar surface area (TPSA) is 66.8 Å². The summed E-state index contributed by atoms with van der Waals surface area (Å²) in [5.74, 6) is 1.67. The molecule has 0 aliphatic carbocycles. The van der Waals surface area contributed by atoms with Gasteiger partial charge >= 0.3 is 0 Å². The van der Waals surface area contributed by atoms with E-state index >= 15 is 0 Å². The SMILES string of the molecule is c1cnc(N2CCCC(Nc3ccncn3)C2)nc1. The van der Waals surface area contributed by atoms with Crippen LogP contribution in [-0.2, 0) is 0 Å². The van der Waals surface area contributed by atoms with Gasteiger partial charge in [-0.2, -0.15) is 0 Å². The zero-order chi connectivity index (χ0) is 12.9. The van der Waals surface area contributed by atoms with Gasteiger partial charge in [-0.15, -0.1) is 0 Å². The van der Waals surface area contributed by atoms with Crippen molar-refractivity contribution in [3.8, 4) is 0 Å². The van der Waals surface area contributed by atoms with Crippen LogP contribution < -0.4 is 10.2 Å². The summed E-state index contributed by atoms with van der Waals surface area (Å²) in [6.07, 6.45) is 9.13. The Hall–Kier alpha value is -2.24. The van der Waals surface area contributed by atoms with Crippen molar-refractivity contribution in [1.82, 2.24) is 19.9 Å². The van der Waals surface area contributed by atoms with Crippen molar-refractivity contribution in [2.45, 2.75) is 18.9 Å². The average molecular weight is 256 g/mol. The monoisotopic (exact) mass is 256 g/mol. The zero-order valence-electron chi connectivity index (χ0n) is 10.6. The summed E-state index contributed by atoms with van der Waals surface area (Å²) in [5, 5.41) is 3.43. The van der Waals surface area contributed by atoms with E-state index < -0.39 is 0 Å². The highest BCUT2D eigenvalue weighted by atomic mass is 15.3. The van der Waals surface area contributed by atoms with Gasteiger partial charge in [0.1, 0.15) is 12.1 Å². The molecule has 0 radical (unpaired) electrons. The second-order valence-electron chi connectivity index (χ2n) is 4.57. The molecule has 2 aromatic rings. The molecule has 1 aliphatic rings. The van der Waals surface area contributed by atoms with E-state index in [1.54, 1.807) is 24.9 Å². The summed E-state index contributed by atoms with van der Waals surface area (Å²) in [6, 6.07) is 4.09. The first kappa shape index (κ1) is 11.8. The Bertz CT molecular complexity index is 503. The fourth-order valence-electron chi connectivity index (χ4n) is 2.32. The number of rotatable bonds is 3. The number of hydrogen-bond acceptors (Lipinski definition) is 6. The maximum atomic E-state index is 4.31. The van der Waals surface area contributed by atoms with Crippen LogP contribution in [0, 0.1) is 0 Å². The molecule has 2 aromatic heterocycles. The molecule has 0 amide bonds. The van der Waals surface area contributed by atoms with E-state index in [0.29, 0.717) is 6.04 Å². The van der Waals surface area contributed by atoms with Crippen molar-refractivity contribution >= 4 is 11.8 Å². The molecule has 0 spiro atoms. The molecule has 0 saturated carbocycles. The molecule has 1 N–H and O–H groups in total. The van der Waals surface area contributed by atoms with E-state index in [2.05, 4.69) is 30.2 Å². The quantitative estimate of drug-likeness (QED) is 0.894. The minimum Gasteiger partial charge on any atom is -0.365 e. The molecule has 98 valence electrons. The van der Waals surface area contributed by atoms with Crippen molar-refractivity contribution in [2.75, 3.05) is 23.3 Å². The molecule has 19 heavy (non-hydrogen) atoms. The molecular formula is C13H16N6. The summed E-state index contributed by atoms with van der Waals surface area (Å²) in [5.41, 5.74) is 0. The van der Waals surface area contributed by atoms with Gasteiger partial charge in [-0.05, 0) is 25.0 Å². The van der Waals surface area contributed by atoms with Gasteiger partial charge < -0.3 is 10.2 Å². The predicted molar refractivity (Wildman–Crippen MR) is 72.9 cm³/mol. The fourth-order valence-corrected chi connectivity index (χ4v) is 2.32. The smallest absolute Gasteiger partial charge is 0.225 e. The molecule has 0 bridgehead atoms. The molecule has 6 heteroatoms. The summed E-state index contributed by atoms with van der Waals surface area (Å²) in [6.45, 7) is 1.90. The van der Waals surface area contributed by atoms with Crippen LogP contribution in [0.2, 0.25) is 0 Å². The first-order valence-electron chi connectivity index (χ1n) is 6.46. The minimum absolute atomic E-state index is 0.368. The number of piperidine rings is 1. The summed E-state index contributed by atoms with van der Waals surface area (Å²) in [7, 11) is 0. The Morgan fingerprint density at radius 3 is 2.84 bits per heavy atom. The van der Waals surface area contributed by atoms with Gasteiger partial charge in [0, 0.05) is 37.7 Å². The molecule has 1 unspecified atom stereocenters. The first-order valence-corrected chi connectivity index (χ1v) is 6.46. The van der Waals surface area contributed by atoms with Gasteiger partial charge in [-0.1, -0.05) is 0 Å². The molecule has 3 rings (SSSR count). The zero-order valence-corrected chi connectivity index (χ0v) is 10.6. The highest BCUT2D eigenvalue weighted by Crippen LogP contribution is 2.17. The van der Waals surface area contributed by atoms with Crippen LogP contribution in [0.15, 0.2) is 37.1 Å². The molecule has 1 fully saturated rings. The molecule has 1 atom stereocenters. The van der Waals surface area contributed by atoms with Crippen LogP contribution in [0.25, 0.3) is 0 Å². The summed E-state index contributed by atoms with van der Waals surface area (Å²) >= 11 is 0. The fraction of sp³-hybridized carbons (Fsp3) is 0.385. The molecule has 3 heterocycles. The third-order valence-electron chi connectivity index (χ3n) is 3.19.